The van der Waals surface area contributed by atoms with Crippen LogP contribution in [0.25, 0.3) is 0 Å². The van der Waals surface area contributed by atoms with Crippen LogP contribution in [0.5, 0.6) is 0 Å². The minimum absolute atomic E-state index is 0.168. The molecule has 1 aromatic rings. The summed E-state index contributed by atoms with van der Waals surface area (Å²) in [4.78, 5) is 0. The molecule has 1 N–H and O–H groups in total. The lowest BCUT2D eigenvalue weighted by Crippen LogP contribution is -2.33. The third kappa shape index (κ3) is 4.10. The summed E-state index contributed by atoms with van der Waals surface area (Å²) in [6, 6.07) is 5.34. The molecule has 0 aliphatic carbocycles. The first-order valence-electron chi connectivity index (χ1n) is 6.04. The van der Waals surface area contributed by atoms with Crippen LogP contribution in [0.1, 0.15) is 30.9 Å². The summed E-state index contributed by atoms with van der Waals surface area (Å²) in [6.45, 7) is 7.80. The Kier molecular flexibility index (Phi) is 5.59. The smallest absolute Gasteiger partial charge is 0.123 e. The zero-order valence-corrected chi connectivity index (χ0v) is 11.1. The Bertz CT molecular complexity index is 354. The second-order valence-electron chi connectivity index (χ2n) is 4.53. The summed E-state index contributed by atoms with van der Waals surface area (Å²) in [6.07, 6.45) is 0. The van der Waals surface area contributed by atoms with E-state index in [1.807, 2.05) is 13.0 Å². The lowest BCUT2D eigenvalue weighted by atomic mass is 9.91. The molecule has 17 heavy (non-hydrogen) atoms. The highest BCUT2D eigenvalue weighted by Crippen LogP contribution is 2.23. The van der Waals surface area contributed by atoms with Crippen LogP contribution in [0.15, 0.2) is 18.2 Å². The first-order valence-corrected chi connectivity index (χ1v) is 6.04. The van der Waals surface area contributed by atoms with Gasteiger partial charge in [-0.05, 0) is 43.0 Å². The second-order valence-corrected chi connectivity index (χ2v) is 4.53. The number of hydrogen-bond acceptors (Lipinski definition) is 2. The Labute approximate surface area is 103 Å². The van der Waals surface area contributed by atoms with E-state index in [9.17, 15) is 4.39 Å². The van der Waals surface area contributed by atoms with Crippen LogP contribution in [0, 0.1) is 12.7 Å². The molecule has 2 unspecified atom stereocenters. The fourth-order valence-electron chi connectivity index (χ4n) is 1.98. The molecule has 0 radical (unpaired) electrons. The van der Waals surface area contributed by atoms with Gasteiger partial charge < -0.3 is 10.1 Å². The maximum Gasteiger partial charge on any atom is 0.123 e. The number of hydrogen-bond donors (Lipinski definition) is 1. The van der Waals surface area contributed by atoms with Crippen molar-refractivity contribution in [2.75, 3.05) is 20.3 Å². The molecule has 0 fully saturated rings. The van der Waals surface area contributed by atoms with E-state index in [1.165, 1.54) is 11.6 Å². The predicted molar refractivity (Wildman–Crippen MR) is 68.9 cm³/mol. The second kappa shape index (κ2) is 6.72. The molecule has 0 aromatic heterocycles. The van der Waals surface area contributed by atoms with Crippen molar-refractivity contribution in [1.82, 2.24) is 5.32 Å². The van der Waals surface area contributed by atoms with Crippen molar-refractivity contribution >= 4 is 0 Å². The molecule has 0 bridgehead atoms. The third-order valence-electron chi connectivity index (χ3n) is 3.24. The molecule has 1 aromatic carbocycles. The number of rotatable bonds is 6. The van der Waals surface area contributed by atoms with Gasteiger partial charge in [-0.25, -0.2) is 4.39 Å². The molecule has 0 amide bonds. The van der Waals surface area contributed by atoms with Gasteiger partial charge in [0.05, 0.1) is 6.61 Å². The van der Waals surface area contributed by atoms with E-state index in [-0.39, 0.29) is 5.82 Å². The van der Waals surface area contributed by atoms with Crippen molar-refractivity contribution in [1.29, 1.82) is 0 Å². The molecule has 2 nitrogen and oxygen atoms in total. The molecular weight excluding hydrogens is 217 g/mol. The summed E-state index contributed by atoms with van der Waals surface area (Å²) in [5, 5.41) is 3.40. The number of halogens is 1. The van der Waals surface area contributed by atoms with Crippen LogP contribution in [0.4, 0.5) is 4.39 Å². The zero-order valence-electron chi connectivity index (χ0n) is 11.1. The molecule has 1 rings (SSSR count). The van der Waals surface area contributed by atoms with Crippen molar-refractivity contribution in [2.45, 2.75) is 32.7 Å². The van der Waals surface area contributed by atoms with Gasteiger partial charge in [0.2, 0.25) is 0 Å². The van der Waals surface area contributed by atoms with Crippen molar-refractivity contribution in [3.63, 3.8) is 0 Å². The molecule has 0 saturated carbocycles. The third-order valence-corrected chi connectivity index (χ3v) is 3.24. The van der Waals surface area contributed by atoms with Crippen LogP contribution in [0.3, 0.4) is 0 Å². The molecule has 0 saturated heterocycles. The molecule has 0 heterocycles. The SMILES string of the molecule is COCCNC(C)C(C)c1ccc(F)cc1C. The Morgan fingerprint density at radius 2 is 2.06 bits per heavy atom. The molecule has 2 atom stereocenters. The lowest BCUT2D eigenvalue weighted by molar-refractivity contribution is 0.195. The van der Waals surface area contributed by atoms with Gasteiger partial charge in [-0.15, -0.1) is 0 Å². The lowest BCUT2D eigenvalue weighted by Gasteiger charge is -2.23. The van der Waals surface area contributed by atoms with E-state index < -0.39 is 0 Å². The highest BCUT2D eigenvalue weighted by atomic mass is 19.1. The highest BCUT2D eigenvalue weighted by Gasteiger charge is 2.15. The van der Waals surface area contributed by atoms with E-state index in [2.05, 4.69) is 19.2 Å². The van der Waals surface area contributed by atoms with Gasteiger partial charge >= 0.3 is 0 Å². The maximum atomic E-state index is 13.0. The number of ether oxygens (including phenoxy) is 1. The van der Waals surface area contributed by atoms with Crippen molar-refractivity contribution in [2.24, 2.45) is 0 Å². The first kappa shape index (κ1) is 14.1. The zero-order chi connectivity index (χ0) is 12.8. The van der Waals surface area contributed by atoms with Crippen LogP contribution in [-0.4, -0.2) is 26.3 Å². The Balaban J connectivity index is 2.64. The minimum Gasteiger partial charge on any atom is -0.383 e. The Hall–Kier alpha value is -0.930. The average Bonchev–Trinajstić information content (AvgIpc) is 2.28. The predicted octanol–water partition coefficient (Wildman–Crippen LogP) is 2.86. The van der Waals surface area contributed by atoms with Gasteiger partial charge in [-0.3, -0.25) is 0 Å². The quantitative estimate of drug-likeness (QED) is 0.771. The summed E-state index contributed by atoms with van der Waals surface area (Å²) < 4.78 is 18.0. The van der Waals surface area contributed by atoms with Crippen molar-refractivity contribution in [3.05, 3.63) is 35.1 Å². The number of methoxy groups -OCH3 is 1. The van der Waals surface area contributed by atoms with Crippen LogP contribution < -0.4 is 5.32 Å². The Morgan fingerprint density at radius 1 is 1.35 bits per heavy atom. The summed E-state index contributed by atoms with van der Waals surface area (Å²) >= 11 is 0. The van der Waals surface area contributed by atoms with Gasteiger partial charge in [0, 0.05) is 19.7 Å². The van der Waals surface area contributed by atoms with Crippen LogP contribution in [0.2, 0.25) is 0 Å². The largest absolute Gasteiger partial charge is 0.383 e. The van der Waals surface area contributed by atoms with Gasteiger partial charge in [-0.2, -0.15) is 0 Å². The van der Waals surface area contributed by atoms with Crippen molar-refractivity contribution in [3.8, 4) is 0 Å². The fraction of sp³-hybridized carbons (Fsp3) is 0.571. The van der Waals surface area contributed by atoms with Crippen LogP contribution >= 0.6 is 0 Å². The Morgan fingerprint density at radius 3 is 2.65 bits per heavy atom. The molecular formula is C14H22FNO. The summed E-state index contributed by atoms with van der Waals surface area (Å²) in [5.41, 5.74) is 2.21. The van der Waals surface area contributed by atoms with Gasteiger partial charge in [0.1, 0.15) is 5.82 Å². The van der Waals surface area contributed by atoms with E-state index in [0.717, 1.165) is 12.1 Å². The summed E-state index contributed by atoms with van der Waals surface area (Å²) in [7, 11) is 1.69. The highest BCUT2D eigenvalue weighted by molar-refractivity contribution is 5.30. The van der Waals surface area contributed by atoms with Crippen molar-refractivity contribution < 1.29 is 9.13 Å². The molecule has 0 aliphatic rings. The number of benzene rings is 1. The van der Waals surface area contributed by atoms with E-state index in [0.29, 0.717) is 18.6 Å². The average molecular weight is 239 g/mol. The van der Waals surface area contributed by atoms with Crippen LogP contribution in [-0.2, 0) is 4.74 Å². The van der Waals surface area contributed by atoms with E-state index in [1.54, 1.807) is 13.2 Å². The first-order chi connectivity index (χ1) is 8.06. The number of aryl methyl sites for hydroxylation is 1. The summed E-state index contributed by atoms with van der Waals surface area (Å²) in [5.74, 6) is 0.186. The maximum absolute atomic E-state index is 13.0. The normalized spacial score (nSPS) is 14.6. The number of nitrogens with one attached hydrogen (secondary N) is 1. The minimum atomic E-state index is -0.168. The molecule has 0 aliphatic heterocycles. The standard InChI is InChI=1S/C14H22FNO/c1-10-9-13(15)5-6-14(10)11(2)12(3)16-7-8-17-4/h5-6,9,11-12,16H,7-8H2,1-4H3. The topological polar surface area (TPSA) is 21.3 Å². The van der Waals surface area contributed by atoms with Gasteiger partial charge in [0.15, 0.2) is 0 Å². The molecule has 96 valence electrons. The van der Waals surface area contributed by atoms with Gasteiger partial charge in [0.25, 0.3) is 0 Å². The van der Waals surface area contributed by atoms with E-state index >= 15 is 0 Å². The fourth-order valence-corrected chi connectivity index (χ4v) is 1.98. The molecule has 3 heteroatoms. The monoisotopic (exact) mass is 239 g/mol. The van der Waals surface area contributed by atoms with Gasteiger partial charge in [-0.1, -0.05) is 13.0 Å². The van der Waals surface area contributed by atoms with E-state index in [4.69, 9.17) is 4.74 Å². The molecule has 0 spiro atoms.